The summed E-state index contributed by atoms with van der Waals surface area (Å²) in [6, 6.07) is 5.00. The highest BCUT2D eigenvalue weighted by molar-refractivity contribution is 7.17. The van der Waals surface area contributed by atoms with Gasteiger partial charge in [0.25, 0.3) is 11.8 Å². The third kappa shape index (κ3) is 3.19. The largest absolute Gasteiger partial charge is 0.497 e. The van der Waals surface area contributed by atoms with E-state index in [2.05, 4.69) is 10.6 Å². The van der Waals surface area contributed by atoms with E-state index in [4.69, 9.17) is 9.47 Å². The third-order valence-corrected chi connectivity index (χ3v) is 5.46. The van der Waals surface area contributed by atoms with Gasteiger partial charge in [0.2, 0.25) is 0 Å². The van der Waals surface area contributed by atoms with Crippen molar-refractivity contribution in [1.29, 1.82) is 0 Å². The standard InChI is InChI=1S/C18H20N2O4S/c1-19-17(22)15-12-5-4-6-14(12)25-18(15)20-16(21)11-8-7-10(23-2)9-13(11)24-3/h7-9H,4-6H2,1-3H3,(H,19,22)(H,20,21). The average Bonchev–Trinajstić information content (AvgIpc) is 3.21. The van der Waals surface area contributed by atoms with E-state index < -0.39 is 0 Å². The summed E-state index contributed by atoms with van der Waals surface area (Å²) in [6.07, 6.45) is 2.87. The van der Waals surface area contributed by atoms with Crippen molar-refractivity contribution in [2.24, 2.45) is 0 Å². The van der Waals surface area contributed by atoms with Gasteiger partial charge in [0.1, 0.15) is 16.5 Å². The number of methoxy groups -OCH3 is 2. The Morgan fingerprint density at radius 3 is 2.60 bits per heavy atom. The molecule has 2 amide bonds. The second kappa shape index (κ2) is 7.14. The Morgan fingerprint density at radius 2 is 1.92 bits per heavy atom. The van der Waals surface area contributed by atoms with Crippen LogP contribution in [0.15, 0.2) is 18.2 Å². The Kier molecular flexibility index (Phi) is 4.94. The highest BCUT2D eigenvalue weighted by Crippen LogP contribution is 2.39. The van der Waals surface area contributed by atoms with Gasteiger partial charge in [-0.05, 0) is 37.0 Å². The van der Waals surface area contributed by atoms with Gasteiger partial charge >= 0.3 is 0 Å². The van der Waals surface area contributed by atoms with E-state index in [0.717, 1.165) is 24.8 Å². The summed E-state index contributed by atoms with van der Waals surface area (Å²) in [6.45, 7) is 0. The lowest BCUT2D eigenvalue weighted by Gasteiger charge is -2.11. The van der Waals surface area contributed by atoms with Crippen LogP contribution in [0.25, 0.3) is 0 Å². The molecule has 0 bridgehead atoms. The molecule has 0 saturated carbocycles. The fourth-order valence-electron chi connectivity index (χ4n) is 3.01. The molecule has 0 radical (unpaired) electrons. The molecule has 1 aromatic carbocycles. The number of carbonyl (C=O) groups excluding carboxylic acids is 2. The normalized spacial score (nSPS) is 12.4. The number of fused-ring (bicyclic) bond motifs is 1. The molecule has 1 heterocycles. The summed E-state index contributed by atoms with van der Waals surface area (Å²) in [5.74, 6) is 0.540. The molecule has 3 rings (SSSR count). The van der Waals surface area contributed by atoms with Crippen molar-refractivity contribution in [2.45, 2.75) is 19.3 Å². The maximum atomic E-state index is 12.7. The summed E-state index contributed by atoms with van der Waals surface area (Å²) in [5, 5.41) is 6.13. The first-order valence-electron chi connectivity index (χ1n) is 7.99. The van der Waals surface area contributed by atoms with Gasteiger partial charge < -0.3 is 20.1 Å². The maximum absolute atomic E-state index is 12.7. The van der Waals surface area contributed by atoms with E-state index in [9.17, 15) is 9.59 Å². The van der Waals surface area contributed by atoms with Crippen molar-refractivity contribution < 1.29 is 19.1 Å². The second-order valence-corrected chi connectivity index (χ2v) is 6.77. The monoisotopic (exact) mass is 360 g/mol. The molecule has 1 aliphatic rings. The van der Waals surface area contributed by atoms with Crippen molar-refractivity contribution in [3.8, 4) is 11.5 Å². The fraction of sp³-hybridized carbons (Fsp3) is 0.333. The molecule has 1 aromatic heterocycles. The minimum absolute atomic E-state index is 0.170. The molecule has 7 heteroatoms. The van der Waals surface area contributed by atoms with Crippen molar-refractivity contribution >= 4 is 28.2 Å². The van der Waals surface area contributed by atoms with Crippen LogP contribution in [-0.2, 0) is 12.8 Å². The Bertz CT molecular complexity index is 829. The lowest BCUT2D eigenvalue weighted by Crippen LogP contribution is -2.21. The van der Waals surface area contributed by atoms with Crippen LogP contribution in [0.1, 0.15) is 37.6 Å². The van der Waals surface area contributed by atoms with Crippen LogP contribution in [0.4, 0.5) is 5.00 Å². The number of thiophene rings is 1. The summed E-state index contributed by atoms with van der Waals surface area (Å²) in [5.41, 5.74) is 2.03. The van der Waals surface area contributed by atoms with Gasteiger partial charge in [-0.15, -0.1) is 11.3 Å². The maximum Gasteiger partial charge on any atom is 0.260 e. The highest BCUT2D eigenvalue weighted by Gasteiger charge is 2.27. The summed E-state index contributed by atoms with van der Waals surface area (Å²) < 4.78 is 10.4. The molecule has 6 nitrogen and oxygen atoms in total. The molecule has 1 aliphatic carbocycles. The van der Waals surface area contributed by atoms with E-state index in [0.29, 0.717) is 27.6 Å². The number of carbonyl (C=O) groups is 2. The lowest BCUT2D eigenvalue weighted by molar-refractivity contribution is 0.0963. The highest BCUT2D eigenvalue weighted by atomic mass is 32.1. The SMILES string of the molecule is CNC(=O)c1c(NC(=O)c2ccc(OC)cc2OC)sc2c1CCC2. The minimum Gasteiger partial charge on any atom is -0.497 e. The van der Waals surface area contributed by atoms with E-state index in [1.807, 2.05) is 0 Å². The molecular formula is C18H20N2O4S. The fourth-order valence-corrected chi connectivity index (χ4v) is 4.30. The van der Waals surface area contributed by atoms with Crippen molar-refractivity contribution in [2.75, 3.05) is 26.6 Å². The van der Waals surface area contributed by atoms with Crippen LogP contribution in [0.2, 0.25) is 0 Å². The number of hydrogen-bond acceptors (Lipinski definition) is 5. The summed E-state index contributed by atoms with van der Waals surface area (Å²) >= 11 is 1.48. The van der Waals surface area contributed by atoms with Gasteiger partial charge in [0, 0.05) is 18.0 Å². The van der Waals surface area contributed by atoms with Gasteiger partial charge in [-0.2, -0.15) is 0 Å². The van der Waals surface area contributed by atoms with Crippen LogP contribution in [0, 0.1) is 0 Å². The quantitative estimate of drug-likeness (QED) is 0.860. The van der Waals surface area contributed by atoms with Gasteiger partial charge in [-0.1, -0.05) is 0 Å². The van der Waals surface area contributed by atoms with E-state index in [-0.39, 0.29) is 11.8 Å². The second-order valence-electron chi connectivity index (χ2n) is 5.66. The lowest BCUT2D eigenvalue weighted by atomic mass is 10.1. The molecule has 0 atom stereocenters. The van der Waals surface area contributed by atoms with Gasteiger partial charge in [0.05, 0.1) is 25.3 Å². The van der Waals surface area contributed by atoms with Crippen LogP contribution in [0.5, 0.6) is 11.5 Å². The van der Waals surface area contributed by atoms with Crippen molar-refractivity contribution in [1.82, 2.24) is 5.32 Å². The topological polar surface area (TPSA) is 76.7 Å². The van der Waals surface area contributed by atoms with Crippen LogP contribution >= 0.6 is 11.3 Å². The van der Waals surface area contributed by atoms with Crippen LogP contribution < -0.4 is 20.1 Å². The molecule has 0 spiro atoms. The number of benzene rings is 1. The van der Waals surface area contributed by atoms with Gasteiger partial charge in [0.15, 0.2) is 0 Å². The number of ether oxygens (including phenoxy) is 2. The predicted octanol–water partition coefficient (Wildman–Crippen LogP) is 2.87. The van der Waals surface area contributed by atoms with Gasteiger partial charge in [-0.3, -0.25) is 9.59 Å². The molecule has 2 aromatic rings. The molecule has 0 unspecified atom stereocenters. The van der Waals surface area contributed by atoms with E-state index >= 15 is 0 Å². The zero-order valence-electron chi connectivity index (χ0n) is 14.4. The molecule has 0 fully saturated rings. The Morgan fingerprint density at radius 1 is 1.12 bits per heavy atom. The number of anilines is 1. The van der Waals surface area contributed by atoms with Crippen molar-refractivity contribution in [3.05, 3.63) is 39.8 Å². The Labute approximate surface area is 150 Å². The Balaban J connectivity index is 1.93. The minimum atomic E-state index is -0.315. The first-order chi connectivity index (χ1) is 12.1. The Hall–Kier alpha value is -2.54. The number of rotatable bonds is 5. The first-order valence-corrected chi connectivity index (χ1v) is 8.80. The molecular weight excluding hydrogens is 340 g/mol. The molecule has 25 heavy (non-hydrogen) atoms. The zero-order valence-corrected chi connectivity index (χ0v) is 15.2. The summed E-state index contributed by atoms with van der Waals surface area (Å²) in [4.78, 5) is 26.2. The smallest absolute Gasteiger partial charge is 0.260 e. The average molecular weight is 360 g/mol. The number of amides is 2. The van der Waals surface area contributed by atoms with Crippen molar-refractivity contribution in [3.63, 3.8) is 0 Å². The summed E-state index contributed by atoms with van der Waals surface area (Å²) in [7, 11) is 4.65. The first kappa shape index (κ1) is 17.3. The van der Waals surface area contributed by atoms with Crippen LogP contribution in [-0.4, -0.2) is 33.1 Å². The molecule has 0 aliphatic heterocycles. The molecule has 2 N–H and O–H groups in total. The third-order valence-electron chi connectivity index (χ3n) is 4.26. The predicted molar refractivity (Wildman–Crippen MR) is 97.2 cm³/mol. The van der Waals surface area contributed by atoms with Crippen LogP contribution in [0.3, 0.4) is 0 Å². The number of nitrogens with one attached hydrogen (secondary N) is 2. The zero-order chi connectivity index (χ0) is 18.0. The van der Waals surface area contributed by atoms with E-state index in [1.165, 1.54) is 23.3 Å². The molecule has 132 valence electrons. The number of aryl methyl sites for hydroxylation is 1. The van der Waals surface area contributed by atoms with Gasteiger partial charge in [-0.25, -0.2) is 0 Å². The van der Waals surface area contributed by atoms with E-state index in [1.54, 1.807) is 32.4 Å². The molecule has 0 saturated heterocycles. The number of hydrogen-bond donors (Lipinski definition) is 2.